The number of aromatic nitrogens is 2. The Bertz CT molecular complexity index is 802. The molecule has 0 aliphatic carbocycles. The van der Waals surface area contributed by atoms with Gasteiger partial charge in [0.1, 0.15) is 17.3 Å². The molecule has 130 valence electrons. The second kappa shape index (κ2) is 6.44. The van der Waals surface area contributed by atoms with Gasteiger partial charge in [0.05, 0.1) is 13.2 Å². The van der Waals surface area contributed by atoms with Crippen LogP contribution in [0.5, 0.6) is 0 Å². The standard InChI is InChI=1S/C19H22N4O2/c1-13-11-15-5-3-4-6-17(15)23(13)19(24)16-12-18(21-14(2)20-16)22-7-9-25-10-8-22/h3-6,12-13H,7-11H2,1-2H3. The minimum atomic E-state index is -0.0579. The normalized spacial score (nSPS) is 19.8. The Labute approximate surface area is 147 Å². The fraction of sp³-hybridized carbons (Fsp3) is 0.421. The number of ether oxygens (including phenoxy) is 1. The molecule has 0 saturated carbocycles. The van der Waals surface area contributed by atoms with Crippen LogP contribution in [0.25, 0.3) is 0 Å². The van der Waals surface area contributed by atoms with Crippen molar-refractivity contribution in [3.63, 3.8) is 0 Å². The van der Waals surface area contributed by atoms with Gasteiger partial charge in [-0.25, -0.2) is 9.97 Å². The second-order valence-electron chi connectivity index (χ2n) is 6.62. The third kappa shape index (κ3) is 2.98. The first kappa shape index (κ1) is 16.0. The Morgan fingerprint density at radius 1 is 1.20 bits per heavy atom. The number of morpholine rings is 1. The van der Waals surface area contributed by atoms with Crippen molar-refractivity contribution in [2.75, 3.05) is 36.1 Å². The largest absolute Gasteiger partial charge is 0.378 e. The summed E-state index contributed by atoms with van der Waals surface area (Å²) in [4.78, 5) is 26.1. The number of carbonyl (C=O) groups excluding carboxylic acids is 1. The van der Waals surface area contributed by atoms with Gasteiger partial charge in [-0.15, -0.1) is 0 Å². The molecule has 25 heavy (non-hydrogen) atoms. The molecule has 6 heteroatoms. The lowest BCUT2D eigenvalue weighted by Crippen LogP contribution is -2.38. The van der Waals surface area contributed by atoms with Gasteiger partial charge >= 0.3 is 0 Å². The molecule has 3 heterocycles. The van der Waals surface area contributed by atoms with Gasteiger partial charge in [-0.1, -0.05) is 18.2 Å². The summed E-state index contributed by atoms with van der Waals surface area (Å²) in [6.45, 7) is 6.85. The highest BCUT2D eigenvalue weighted by atomic mass is 16.5. The molecule has 1 fully saturated rings. The van der Waals surface area contributed by atoms with E-state index in [0.717, 1.165) is 31.0 Å². The number of para-hydroxylation sites is 1. The van der Waals surface area contributed by atoms with Crippen molar-refractivity contribution in [1.82, 2.24) is 9.97 Å². The number of aryl methyl sites for hydroxylation is 1. The monoisotopic (exact) mass is 338 g/mol. The van der Waals surface area contributed by atoms with Crippen molar-refractivity contribution < 1.29 is 9.53 Å². The van der Waals surface area contributed by atoms with Crippen LogP contribution in [0.3, 0.4) is 0 Å². The van der Waals surface area contributed by atoms with E-state index in [1.165, 1.54) is 5.56 Å². The lowest BCUT2D eigenvalue weighted by Gasteiger charge is -2.28. The molecule has 0 bridgehead atoms. The minimum Gasteiger partial charge on any atom is -0.378 e. The van der Waals surface area contributed by atoms with E-state index in [1.54, 1.807) is 0 Å². The van der Waals surface area contributed by atoms with E-state index in [1.807, 2.05) is 36.1 Å². The quantitative estimate of drug-likeness (QED) is 0.840. The zero-order valence-corrected chi connectivity index (χ0v) is 14.6. The molecule has 1 atom stereocenters. The molecule has 2 aliphatic rings. The van der Waals surface area contributed by atoms with E-state index in [4.69, 9.17) is 4.74 Å². The zero-order chi connectivity index (χ0) is 17.4. The van der Waals surface area contributed by atoms with Crippen LogP contribution >= 0.6 is 0 Å². The van der Waals surface area contributed by atoms with Gasteiger partial charge in [-0.2, -0.15) is 0 Å². The second-order valence-corrected chi connectivity index (χ2v) is 6.62. The Hall–Kier alpha value is -2.47. The Morgan fingerprint density at radius 2 is 1.96 bits per heavy atom. The average Bonchev–Trinajstić information content (AvgIpc) is 2.97. The average molecular weight is 338 g/mol. The molecule has 1 aromatic carbocycles. The van der Waals surface area contributed by atoms with Crippen LogP contribution in [0, 0.1) is 6.92 Å². The summed E-state index contributed by atoms with van der Waals surface area (Å²) in [7, 11) is 0. The first-order chi connectivity index (χ1) is 12.1. The summed E-state index contributed by atoms with van der Waals surface area (Å²) in [6.07, 6.45) is 0.877. The van der Waals surface area contributed by atoms with E-state index in [-0.39, 0.29) is 11.9 Å². The molecule has 0 N–H and O–H groups in total. The molecular formula is C19H22N4O2. The van der Waals surface area contributed by atoms with Crippen molar-refractivity contribution in [1.29, 1.82) is 0 Å². The molecule has 1 amide bonds. The highest BCUT2D eigenvalue weighted by Crippen LogP contribution is 2.33. The number of carbonyl (C=O) groups is 1. The van der Waals surface area contributed by atoms with Gasteiger partial charge in [-0.05, 0) is 31.9 Å². The van der Waals surface area contributed by atoms with Crippen molar-refractivity contribution in [2.45, 2.75) is 26.3 Å². The fourth-order valence-corrected chi connectivity index (χ4v) is 3.61. The summed E-state index contributed by atoms with van der Waals surface area (Å²) in [5.74, 6) is 1.37. The van der Waals surface area contributed by atoms with Gasteiger partial charge in [-0.3, -0.25) is 4.79 Å². The number of amides is 1. The number of rotatable bonds is 2. The molecule has 0 spiro atoms. The van der Waals surface area contributed by atoms with Crippen molar-refractivity contribution in [3.8, 4) is 0 Å². The highest BCUT2D eigenvalue weighted by molar-refractivity contribution is 6.06. The number of fused-ring (bicyclic) bond motifs is 1. The van der Waals surface area contributed by atoms with Gasteiger partial charge < -0.3 is 14.5 Å². The maximum atomic E-state index is 13.2. The summed E-state index contributed by atoms with van der Waals surface area (Å²) >= 11 is 0. The summed E-state index contributed by atoms with van der Waals surface area (Å²) < 4.78 is 5.40. The lowest BCUT2D eigenvalue weighted by molar-refractivity contribution is 0.0976. The van der Waals surface area contributed by atoms with Gasteiger partial charge in [0.25, 0.3) is 5.91 Å². The van der Waals surface area contributed by atoms with E-state index >= 15 is 0 Å². The fourth-order valence-electron chi connectivity index (χ4n) is 3.61. The van der Waals surface area contributed by atoms with Gasteiger partial charge in [0.2, 0.25) is 0 Å². The maximum absolute atomic E-state index is 13.2. The van der Waals surface area contributed by atoms with Crippen LogP contribution in [0.4, 0.5) is 11.5 Å². The molecule has 4 rings (SSSR count). The minimum absolute atomic E-state index is 0.0579. The third-order valence-electron chi connectivity index (χ3n) is 4.80. The van der Waals surface area contributed by atoms with E-state index in [9.17, 15) is 4.79 Å². The first-order valence-electron chi connectivity index (χ1n) is 8.73. The van der Waals surface area contributed by atoms with Crippen LogP contribution in [0.15, 0.2) is 30.3 Å². The van der Waals surface area contributed by atoms with E-state index in [2.05, 4.69) is 27.9 Å². The number of nitrogens with zero attached hydrogens (tertiary/aromatic N) is 4. The molecule has 6 nitrogen and oxygen atoms in total. The van der Waals surface area contributed by atoms with Crippen molar-refractivity contribution >= 4 is 17.4 Å². The predicted octanol–water partition coefficient (Wildman–Crippen LogP) is 2.21. The van der Waals surface area contributed by atoms with Gasteiger partial charge in [0.15, 0.2) is 0 Å². The number of benzene rings is 1. The summed E-state index contributed by atoms with van der Waals surface area (Å²) in [6, 6.07) is 10.0. The van der Waals surface area contributed by atoms with Crippen LogP contribution in [0.2, 0.25) is 0 Å². The summed E-state index contributed by atoms with van der Waals surface area (Å²) in [5.41, 5.74) is 2.66. The Balaban J connectivity index is 1.67. The SMILES string of the molecule is Cc1nc(C(=O)N2c3ccccc3CC2C)cc(N2CCOCC2)n1. The predicted molar refractivity (Wildman–Crippen MR) is 96.2 cm³/mol. The smallest absolute Gasteiger partial charge is 0.277 e. The molecular weight excluding hydrogens is 316 g/mol. The van der Waals surface area contributed by atoms with Crippen molar-refractivity contribution in [3.05, 3.63) is 47.4 Å². The van der Waals surface area contributed by atoms with Gasteiger partial charge in [0, 0.05) is 30.9 Å². The molecule has 1 saturated heterocycles. The first-order valence-corrected chi connectivity index (χ1v) is 8.73. The molecule has 1 unspecified atom stereocenters. The van der Waals surface area contributed by atoms with Crippen LogP contribution in [-0.2, 0) is 11.2 Å². The van der Waals surface area contributed by atoms with Crippen LogP contribution < -0.4 is 9.80 Å². The Kier molecular flexibility index (Phi) is 4.13. The zero-order valence-electron chi connectivity index (χ0n) is 14.6. The topological polar surface area (TPSA) is 58.6 Å². The maximum Gasteiger partial charge on any atom is 0.277 e. The number of hydrogen-bond acceptors (Lipinski definition) is 5. The lowest BCUT2D eigenvalue weighted by atomic mass is 10.1. The third-order valence-corrected chi connectivity index (χ3v) is 4.80. The van der Waals surface area contributed by atoms with Crippen molar-refractivity contribution in [2.24, 2.45) is 0 Å². The molecule has 1 aromatic heterocycles. The van der Waals surface area contributed by atoms with E-state index < -0.39 is 0 Å². The van der Waals surface area contributed by atoms with E-state index in [0.29, 0.717) is 24.7 Å². The van der Waals surface area contributed by atoms with Crippen LogP contribution in [-0.4, -0.2) is 48.2 Å². The number of anilines is 2. The van der Waals surface area contributed by atoms with Crippen LogP contribution in [0.1, 0.15) is 28.8 Å². The summed E-state index contributed by atoms with van der Waals surface area (Å²) in [5, 5.41) is 0. The molecule has 0 radical (unpaired) electrons. The number of hydrogen-bond donors (Lipinski definition) is 0. The molecule has 2 aliphatic heterocycles. The molecule has 2 aromatic rings. The Morgan fingerprint density at radius 3 is 2.76 bits per heavy atom. The highest BCUT2D eigenvalue weighted by Gasteiger charge is 2.32.